The summed E-state index contributed by atoms with van der Waals surface area (Å²) >= 11 is 0. The third-order valence-corrected chi connectivity index (χ3v) is 4.42. The summed E-state index contributed by atoms with van der Waals surface area (Å²) in [6, 6.07) is 1.75. The molecule has 8 heteroatoms. The summed E-state index contributed by atoms with van der Waals surface area (Å²) in [5.74, 6) is 3.31. The highest BCUT2D eigenvalue weighted by atomic mass is 16.5. The number of amides is 1. The lowest BCUT2D eigenvalue weighted by Gasteiger charge is -2.33. The van der Waals surface area contributed by atoms with E-state index in [1.807, 2.05) is 0 Å². The maximum Gasteiger partial charge on any atom is 0.220 e. The molecule has 2 aliphatic heterocycles. The molecule has 0 bridgehead atoms. The average Bonchev–Trinajstić information content (AvgIpc) is 3.41. The fourth-order valence-corrected chi connectivity index (χ4v) is 2.88. The Balaban J connectivity index is 1.48. The lowest BCUT2D eigenvalue weighted by molar-refractivity contribution is -0.122. The molecule has 3 rings (SSSR count). The first kappa shape index (κ1) is 17.3. The first-order chi connectivity index (χ1) is 12.2. The molecule has 25 heavy (non-hydrogen) atoms. The number of rotatable bonds is 8. The van der Waals surface area contributed by atoms with Gasteiger partial charge in [-0.15, -0.1) is 12.3 Å². The van der Waals surface area contributed by atoms with Crippen LogP contribution in [0.3, 0.4) is 0 Å². The third-order valence-electron chi connectivity index (χ3n) is 4.42. The third kappa shape index (κ3) is 4.97. The first-order valence-electron chi connectivity index (χ1n) is 8.48. The summed E-state index contributed by atoms with van der Waals surface area (Å²) in [5, 5.41) is 14.5. The zero-order valence-electron chi connectivity index (χ0n) is 14.0. The second-order valence-electron chi connectivity index (χ2n) is 6.27. The number of carbonyl (C=O) groups excluding carboxylic acids is 1. The Kier molecular flexibility index (Phi) is 5.56. The average molecular weight is 342 g/mol. The number of nitrogens with one attached hydrogen (secondary N) is 2. The van der Waals surface area contributed by atoms with Gasteiger partial charge >= 0.3 is 0 Å². The lowest BCUT2D eigenvalue weighted by Crippen LogP contribution is -2.52. The Morgan fingerprint density at radius 1 is 1.40 bits per heavy atom. The van der Waals surface area contributed by atoms with Gasteiger partial charge in [-0.05, 0) is 12.5 Å². The quantitative estimate of drug-likeness (QED) is 0.698. The van der Waals surface area contributed by atoms with E-state index in [0.717, 1.165) is 6.42 Å². The van der Waals surface area contributed by atoms with Gasteiger partial charge in [0.05, 0.1) is 18.7 Å². The van der Waals surface area contributed by atoms with Crippen LogP contribution in [0, 0.1) is 12.3 Å². The standard InChI is InChI=1S/C17H22N6O2/c1-2-3-7-17(22-23-17)8-4-16(24)21-13-6-10-25-11-14(13)20-15-5-9-18-12-19-15/h1,5,9,12-14H,3-4,6-8,10-11H2,(H,21,24)(H,18,19,20)/t13-,14+/m1/s1. The van der Waals surface area contributed by atoms with E-state index >= 15 is 0 Å². The molecule has 0 unspecified atom stereocenters. The lowest BCUT2D eigenvalue weighted by atomic mass is 10.0. The van der Waals surface area contributed by atoms with Gasteiger partial charge in [0.15, 0.2) is 5.66 Å². The van der Waals surface area contributed by atoms with Gasteiger partial charge in [-0.3, -0.25) is 4.79 Å². The van der Waals surface area contributed by atoms with Crippen molar-refractivity contribution in [2.24, 2.45) is 10.2 Å². The number of terminal acetylenes is 1. The fourth-order valence-electron chi connectivity index (χ4n) is 2.88. The summed E-state index contributed by atoms with van der Waals surface area (Å²) in [7, 11) is 0. The normalized spacial score (nSPS) is 23.5. The highest BCUT2D eigenvalue weighted by Crippen LogP contribution is 2.37. The molecule has 132 valence electrons. The van der Waals surface area contributed by atoms with E-state index in [2.05, 4.69) is 36.8 Å². The molecule has 2 aliphatic rings. The molecule has 1 amide bonds. The van der Waals surface area contributed by atoms with Crippen molar-refractivity contribution in [2.75, 3.05) is 18.5 Å². The molecule has 0 aliphatic carbocycles. The van der Waals surface area contributed by atoms with Crippen LogP contribution in [0.2, 0.25) is 0 Å². The van der Waals surface area contributed by atoms with Crippen molar-refractivity contribution >= 4 is 11.7 Å². The van der Waals surface area contributed by atoms with E-state index in [0.29, 0.717) is 44.7 Å². The van der Waals surface area contributed by atoms with Crippen LogP contribution in [0.5, 0.6) is 0 Å². The maximum atomic E-state index is 12.3. The molecule has 1 aromatic heterocycles. The van der Waals surface area contributed by atoms with Crippen LogP contribution >= 0.6 is 0 Å². The van der Waals surface area contributed by atoms with Gasteiger partial charge in [0.25, 0.3) is 0 Å². The van der Waals surface area contributed by atoms with Crippen molar-refractivity contribution in [2.45, 2.75) is 49.9 Å². The van der Waals surface area contributed by atoms with E-state index in [1.165, 1.54) is 6.33 Å². The van der Waals surface area contributed by atoms with Crippen LogP contribution in [-0.2, 0) is 9.53 Å². The maximum absolute atomic E-state index is 12.3. The number of nitrogens with zero attached hydrogens (tertiary/aromatic N) is 4. The molecule has 0 spiro atoms. The smallest absolute Gasteiger partial charge is 0.220 e. The van der Waals surface area contributed by atoms with Crippen molar-refractivity contribution in [1.29, 1.82) is 0 Å². The molecule has 0 aromatic carbocycles. The van der Waals surface area contributed by atoms with Crippen molar-refractivity contribution < 1.29 is 9.53 Å². The minimum atomic E-state index is -0.419. The molecule has 8 nitrogen and oxygen atoms in total. The topological polar surface area (TPSA) is 101 Å². The van der Waals surface area contributed by atoms with Gasteiger partial charge in [0.1, 0.15) is 12.1 Å². The Bertz CT molecular complexity index is 651. The van der Waals surface area contributed by atoms with E-state index in [1.54, 1.807) is 12.3 Å². The van der Waals surface area contributed by atoms with Crippen LogP contribution in [0.4, 0.5) is 5.82 Å². The molecule has 3 heterocycles. The zero-order chi connectivity index (χ0) is 17.5. The summed E-state index contributed by atoms with van der Waals surface area (Å²) < 4.78 is 5.53. The van der Waals surface area contributed by atoms with Gasteiger partial charge in [-0.2, -0.15) is 10.2 Å². The van der Waals surface area contributed by atoms with E-state index in [9.17, 15) is 4.79 Å². The molecule has 0 radical (unpaired) electrons. The van der Waals surface area contributed by atoms with Crippen LogP contribution < -0.4 is 10.6 Å². The summed E-state index contributed by atoms with van der Waals surface area (Å²) in [6.07, 6.45) is 11.5. The van der Waals surface area contributed by atoms with Gasteiger partial charge in [-0.1, -0.05) is 0 Å². The zero-order valence-corrected chi connectivity index (χ0v) is 14.0. The number of ether oxygens (including phenoxy) is 1. The predicted molar refractivity (Wildman–Crippen MR) is 91.7 cm³/mol. The number of carbonyl (C=O) groups is 1. The fraction of sp³-hybridized carbons (Fsp3) is 0.588. The van der Waals surface area contributed by atoms with Gasteiger partial charge in [-0.25, -0.2) is 9.97 Å². The highest BCUT2D eigenvalue weighted by Gasteiger charge is 2.39. The SMILES string of the molecule is C#CCCC1(CCC(=O)N[C@@H]2CCOC[C@@H]2Nc2ccncn2)N=N1. The van der Waals surface area contributed by atoms with E-state index < -0.39 is 5.66 Å². The second-order valence-corrected chi connectivity index (χ2v) is 6.27. The van der Waals surface area contributed by atoms with Crippen LogP contribution in [0.15, 0.2) is 28.8 Å². The van der Waals surface area contributed by atoms with Crippen LogP contribution in [0.25, 0.3) is 0 Å². The van der Waals surface area contributed by atoms with E-state index in [4.69, 9.17) is 11.2 Å². The van der Waals surface area contributed by atoms with Crippen LogP contribution in [-0.4, -0.2) is 46.8 Å². The molecule has 1 fully saturated rings. The minimum Gasteiger partial charge on any atom is -0.379 e. The molecular weight excluding hydrogens is 320 g/mol. The van der Waals surface area contributed by atoms with Crippen molar-refractivity contribution in [3.63, 3.8) is 0 Å². The molecule has 2 N–H and O–H groups in total. The second kappa shape index (κ2) is 8.03. The number of hydrogen-bond acceptors (Lipinski definition) is 7. The van der Waals surface area contributed by atoms with Crippen molar-refractivity contribution in [1.82, 2.24) is 15.3 Å². The summed E-state index contributed by atoms with van der Waals surface area (Å²) in [6.45, 7) is 1.15. The van der Waals surface area contributed by atoms with Gasteiger partial charge in [0.2, 0.25) is 5.91 Å². The van der Waals surface area contributed by atoms with Gasteiger partial charge < -0.3 is 15.4 Å². The number of anilines is 1. The van der Waals surface area contributed by atoms with E-state index in [-0.39, 0.29) is 18.0 Å². The predicted octanol–water partition coefficient (Wildman–Crippen LogP) is 1.52. The van der Waals surface area contributed by atoms with Crippen LogP contribution in [0.1, 0.15) is 32.1 Å². The molecule has 1 aromatic rings. The summed E-state index contributed by atoms with van der Waals surface area (Å²) in [5.41, 5.74) is -0.419. The number of hydrogen-bond donors (Lipinski definition) is 2. The molecule has 0 saturated carbocycles. The minimum absolute atomic E-state index is 0.00114. The number of aromatic nitrogens is 2. The largest absolute Gasteiger partial charge is 0.379 e. The Morgan fingerprint density at radius 3 is 3.00 bits per heavy atom. The Morgan fingerprint density at radius 2 is 2.28 bits per heavy atom. The summed E-state index contributed by atoms with van der Waals surface area (Å²) in [4.78, 5) is 20.4. The first-order valence-corrected chi connectivity index (χ1v) is 8.48. The Hall–Kier alpha value is -2.53. The monoisotopic (exact) mass is 342 g/mol. The highest BCUT2D eigenvalue weighted by molar-refractivity contribution is 5.76. The van der Waals surface area contributed by atoms with Gasteiger partial charge in [0, 0.05) is 38.5 Å². The molecule has 2 atom stereocenters. The molecule has 1 saturated heterocycles. The van der Waals surface area contributed by atoms with Crippen molar-refractivity contribution in [3.05, 3.63) is 18.6 Å². The molecular formula is C17H22N6O2. The Labute approximate surface area is 146 Å². The van der Waals surface area contributed by atoms with Crippen molar-refractivity contribution in [3.8, 4) is 12.3 Å².